The van der Waals surface area contributed by atoms with Gasteiger partial charge in [0.15, 0.2) is 0 Å². The van der Waals surface area contributed by atoms with Crippen molar-refractivity contribution in [2.45, 2.75) is 10.8 Å². The third kappa shape index (κ3) is 4.56. The average Bonchev–Trinajstić information content (AvgIpc) is 2.74. The summed E-state index contributed by atoms with van der Waals surface area (Å²) in [5.41, 5.74) is 5.31. The van der Waals surface area contributed by atoms with Crippen LogP contribution < -0.4 is 0 Å². The van der Waals surface area contributed by atoms with Gasteiger partial charge in [-0.2, -0.15) is 0 Å². The Labute approximate surface area is 178 Å². The highest BCUT2D eigenvalue weighted by Crippen LogP contribution is 2.28. The smallest absolute Gasteiger partial charge is 0.119 e. The van der Waals surface area contributed by atoms with Crippen LogP contribution in [0.4, 0.5) is 0 Å². The largest absolute Gasteiger partial charge is 0.149 e. The van der Waals surface area contributed by atoms with Crippen molar-refractivity contribution < 1.29 is 0 Å². The standard InChI is InChI=1S/C23H16Cl2N2S/c24-20-11-10-19(21(25)14-20)15-28-23-13-12-22(26-27-23)18-8-6-17(7-9-18)16-4-2-1-3-5-16/h1-14H,15H2. The highest BCUT2D eigenvalue weighted by molar-refractivity contribution is 7.98. The quantitative estimate of drug-likeness (QED) is 0.313. The molecule has 0 atom stereocenters. The summed E-state index contributed by atoms with van der Waals surface area (Å²) in [5, 5.41) is 10.9. The molecule has 0 spiro atoms. The Kier molecular flexibility index (Phi) is 5.96. The maximum atomic E-state index is 6.22. The predicted octanol–water partition coefficient (Wildman–Crippen LogP) is 7.41. The van der Waals surface area contributed by atoms with E-state index in [4.69, 9.17) is 23.2 Å². The van der Waals surface area contributed by atoms with Gasteiger partial charge in [-0.1, -0.05) is 95.6 Å². The molecule has 5 heteroatoms. The molecule has 0 saturated carbocycles. The zero-order valence-electron chi connectivity index (χ0n) is 14.8. The first-order chi connectivity index (χ1) is 13.7. The van der Waals surface area contributed by atoms with Crippen LogP contribution in [0.3, 0.4) is 0 Å². The van der Waals surface area contributed by atoms with Gasteiger partial charge in [0.2, 0.25) is 0 Å². The van der Waals surface area contributed by atoms with Crippen molar-refractivity contribution in [2.75, 3.05) is 0 Å². The molecule has 0 unspecified atom stereocenters. The van der Waals surface area contributed by atoms with Gasteiger partial charge in [-0.05, 0) is 41.0 Å². The fourth-order valence-corrected chi connectivity index (χ4v) is 4.18. The number of aromatic nitrogens is 2. The first-order valence-corrected chi connectivity index (χ1v) is 10.5. The van der Waals surface area contributed by atoms with Crippen molar-refractivity contribution in [3.8, 4) is 22.4 Å². The van der Waals surface area contributed by atoms with Gasteiger partial charge >= 0.3 is 0 Å². The Morgan fingerprint density at radius 2 is 1.39 bits per heavy atom. The van der Waals surface area contributed by atoms with Crippen LogP contribution in [0, 0.1) is 0 Å². The normalized spacial score (nSPS) is 10.8. The second-order valence-corrected chi connectivity index (χ2v) is 8.06. The van der Waals surface area contributed by atoms with E-state index in [9.17, 15) is 0 Å². The zero-order valence-corrected chi connectivity index (χ0v) is 17.2. The molecular weight excluding hydrogens is 407 g/mol. The second kappa shape index (κ2) is 8.78. The lowest BCUT2D eigenvalue weighted by atomic mass is 10.0. The van der Waals surface area contributed by atoms with E-state index in [1.54, 1.807) is 17.8 Å². The van der Waals surface area contributed by atoms with Gasteiger partial charge in [-0.15, -0.1) is 10.2 Å². The van der Waals surface area contributed by atoms with Crippen LogP contribution in [0.5, 0.6) is 0 Å². The van der Waals surface area contributed by atoms with Crippen molar-refractivity contribution >= 4 is 35.0 Å². The van der Waals surface area contributed by atoms with Gasteiger partial charge in [0.25, 0.3) is 0 Å². The van der Waals surface area contributed by atoms with Crippen molar-refractivity contribution in [2.24, 2.45) is 0 Å². The lowest BCUT2D eigenvalue weighted by Gasteiger charge is -2.06. The van der Waals surface area contributed by atoms with Gasteiger partial charge in [-0.3, -0.25) is 0 Å². The number of hydrogen-bond acceptors (Lipinski definition) is 3. The van der Waals surface area contributed by atoms with Gasteiger partial charge < -0.3 is 0 Å². The van der Waals surface area contributed by atoms with E-state index >= 15 is 0 Å². The maximum Gasteiger partial charge on any atom is 0.119 e. The Hall–Kier alpha value is -2.33. The molecule has 4 rings (SSSR count). The minimum atomic E-state index is 0.640. The summed E-state index contributed by atoms with van der Waals surface area (Å²) in [6, 6.07) is 28.2. The maximum absolute atomic E-state index is 6.22. The molecule has 0 aliphatic heterocycles. The summed E-state index contributed by atoms with van der Waals surface area (Å²) in [4.78, 5) is 0. The minimum absolute atomic E-state index is 0.640. The molecule has 28 heavy (non-hydrogen) atoms. The highest BCUT2D eigenvalue weighted by Gasteiger charge is 2.06. The molecule has 0 saturated heterocycles. The summed E-state index contributed by atoms with van der Waals surface area (Å²) < 4.78 is 0. The highest BCUT2D eigenvalue weighted by atomic mass is 35.5. The summed E-state index contributed by atoms with van der Waals surface area (Å²) >= 11 is 13.8. The molecule has 0 radical (unpaired) electrons. The molecule has 0 fully saturated rings. The van der Waals surface area contributed by atoms with Crippen LogP contribution in [0.2, 0.25) is 10.0 Å². The zero-order chi connectivity index (χ0) is 19.3. The summed E-state index contributed by atoms with van der Waals surface area (Å²) in [6.07, 6.45) is 0. The van der Waals surface area contributed by atoms with E-state index < -0.39 is 0 Å². The monoisotopic (exact) mass is 422 g/mol. The molecule has 4 aromatic rings. The molecule has 0 bridgehead atoms. The van der Waals surface area contributed by atoms with Crippen LogP contribution >= 0.6 is 35.0 Å². The summed E-state index contributed by atoms with van der Waals surface area (Å²) in [6.45, 7) is 0. The number of rotatable bonds is 5. The Morgan fingerprint density at radius 3 is 2.07 bits per heavy atom. The van der Waals surface area contributed by atoms with Gasteiger partial charge in [-0.25, -0.2) is 0 Å². The Bertz CT molecular complexity index is 1070. The van der Waals surface area contributed by atoms with Crippen LogP contribution in [-0.4, -0.2) is 10.2 Å². The van der Waals surface area contributed by atoms with E-state index in [1.165, 1.54) is 11.1 Å². The van der Waals surface area contributed by atoms with E-state index in [1.807, 2.05) is 42.5 Å². The van der Waals surface area contributed by atoms with Crippen LogP contribution in [0.25, 0.3) is 22.4 Å². The number of nitrogens with zero attached hydrogens (tertiary/aromatic N) is 2. The first-order valence-electron chi connectivity index (χ1n) is 8.75. The topological polar surface area (TPSA) is 25.8 Å². The van der Waals surface area contributed by atoms with Crippen molar-refractivity contribution in [1.82, 2.24) is 10.2 Å². The Morgan fingerprint density at radius 1 is 0.679 bits per heavy atom. The van der Waals surface area contributed by atoms with Crippen LogP contribution in [0.1, 0.15) is 5.56 Å². The van der Waals surface area contributed by atoms with Crippen molar-refractivity contribution in [1.29, 1.82) is 0 Å². The molecule has 3 aromatic carbocycles. The molecule has 0 amide bonds. The number of hydrogen-bond donors (Lipinski definition) is 0. The fourth-order valence-electron chi connectivity index (χ4n) is 2.81. The third-order valence-electron chi connectivity index (χ3n) is 4.32. The molecule has 138 valence electrons. The van der Waals surface area contributed by atoms with E-state index in [2.05, 4.69) is 46.6 Å². The molecular formula is C23H16Cl2N2S. The number of benzene rings is 3. The minimum Gasteiger partial charge on any atom is -0.149 e. The van der Waals surface area contributed by atoms with E-state index in [0.717, 1.165) is 27.6 Å². The lowest BCUT2D eigenvalue weighted by molar-refractivity contribution is 0.935. The Balaban J connectivity index is 1.44. The van der Waals surface area contributed by atoms with Crippen LogP contribution in [0.15, 0.2) is 90.0 Å². The molecule has 1 heterocycles. The third-order valence-corrected chi connectivity index (χ3v) is 5.87. The van der Waals surface area contributed by atoms with E-state index in [-0.39, 0.29) is 0 Å². The van der Waals surface area contributed by atoms with Gasteiger partial charge in [0.05, 0.1) is 5.69 Å². The average molecular weight is 423 g/mol. The summed E-state index contributed by atoms with van der Waals surface area (Å²) in [7, 11) is 0. The predicted molar refractivity (Wildman–Crippen MR) is 119 cm³/mol. The number of halogens is 2. The van der Waals surface area contributed by atoms with Crippen LogP contribution in [-0.2, 0) is 5.75 Å². The molecule has 0 aliphatic rings. The second-order valence-electron chi connectivity index (χ2n) is 6.22. The molecule has 2 nitrogen and oxygen atoms in total. The van der Waals surface area contributed by atoms with E-state index in [0.29, 0.717) is 10.0 Å². The molecule has 0 N–H and O–H groups in total. The lowest BCUT2D eigenvalue weighted by Crippen LogP contribution is -1.90. The first kappa shape index (κ1) is 19.0. The van der Waals surface area contributed by atoms with Crippen molar-refractivity contribution in [3.05, 3.63) is 101 Å². The number of thioether (sulfide) groups is 1. The van der Waals surface area contributed by atoms with Crippen molar-refractivity contribution in [3.63, 3.8) is 0 Å². The van der Waals surface area contributed by atoms with Gasteiger partial charge in [0, 0.05) is 21.4 Å². The fraction of sp³-hybridized carbons (Fsp3) is 0.0435. The summed E-state index contributed by atoms with van der Waals surface area (Å²) in [5.74, 6) is 0.718. The molecule has 0 aliphatic carbocycles. The SMILES string of the molecule is Clc1ccc(CSc2ccc(-c3ccc(-c4ccccc4)cc3)nn2)c(Cl)c1. The molecule has 1 aromatic heterocycles. The van der Waals surface area contributed by atoms with Gasteiger partial charge in [0.1, 0.15) is 5.03 Å².